The molecule has 0 aliphatic carbocycles. The molecule has 0 atom stereocenters. The summed E-state index contributed by atoms with van der Waals surface area (Å²) in [5.74, 6) is 1.08. The standard InChI is InChI=1S/C19H12ClN7/c20-15-5-1-3-13(7-15)17-8-18(24-12-23-17)26-16-10-25-27(11-16)19-14(9-21)4-2-6-22-19/h1-8,10-12H,(H,23,24,26). The number of aromatic nitrogens is 5. The molecule has 0 bridgehead atoms. The van der Waals surface area contributed by atoms with E-state index in [9.17, 15) is 5.26 Å². The Morgan fingerprint density at radius 2 is 2.00 bits per heavy atom. The van der Waals surface area contributed by atoms with Crippen molar-refractivity contribution >= 4 is 23.1 Å². The highest BCUT2D eigenvalue weighted by molar-refractivity contribution is 6.30. The minimum absolute atomic E-state index is 0.442. The van der Waals surface area contributed by atoms with Crippen molar-refractivity contribution in [1.29, 1.82) is 5.26 Å². The van der Waals surface area contributed by atoms with Gasteiger partial charge in [0.05, 0.1) is 29.3 Å². The van der Waals surface area contributed by atoms with Crippen molar-refractivity contribution in [3.05, 3.63) is 78.0 Å². The first-order chi connectivity index (χ1) is 13.2. The van der Waals surface area contributed by atoms with E-state index in [1.54, 1.807) is 35.4 Å². The fourth-order valence-corrected chi connectivity index (χ4v) is 2.74. The van der Waals surface area contributed by atoms with Gasteiger partial charge in [-0.2, -0.15) is 10.4 Å². The molecule has 0 saturated heterocycles. The van der Waals surface area contributed by atoms with Gasteiger partial charge in [-0.05, 0) is 24.3 Å². The minimum Gasteiger partial charge on any atom is -0.338 e. The number of pyridine rings is 1. The van der Waals surface area contributed by atoms with E-state index in [4.69, 9.17) is 11.6 Å². The van der Waals surface area contributed by atoms with Crippen LogP contribution in [-0.2, 0) is 0 Å². The third kappa shape index (κ3) is 3.61. The van der Waals surface area contributed by atoms with Crippen LogP contribution in [0.4, 0.5) is 11.5 Å². The van der Waals surface area contributed by atoms with Crippen molar-refractivity contribution in [3.8, 4) is 23.1 Å². The monoisotopic (exact) mass is 373 g/mol. The zero-order valence-corrected chi connectivity index (χ0v) is 14.7. The second kappa shape index (κ2) is 7.23. The third-order valence-electron chi connectivity index (χ3n) is 3.77. The Morgan fingerprint density at radius 1 is 1.07 bits per heavy atom. The molecule has 0 fully saturated rings. The zero-order chi connectivity index (χ0) is 18.6. The summed E-state index contributed by atoms with van der Waals surface area (Å²) in [7, 11) is 0. The normalized spacial score (nSPS) is 10.4. The van der Waals surface area contributed by atoms with Crippen LogP contribution in [0.25, 0.3) is 17.1 Å². The number of nitrogens with one attached hydrogen (secondary N) is 1. The van der Waals surface area contributed by atoms with E-state index in [1.807, 2.05) is 30.3 Å². The maximum absolute atomic E-state index is 9.21. The first kappa shape index (κ1) is 16.7. The highest BCUT2D eigenvalue weighted by Crippen LogP contribution is 2.23. The van der Waals surface area contributed by atoms with E-state index in [2.05, 4.69) is 31.4 Å². The number of nitrogens with zero attached hydrogens (tertiary/aromatic N) is 6. The van der Waals surface area contributed by atoms with E-state index < -0.39 is 0 Å². The molecule has 0 radical (unpaired) electrons. The van der Waals surface area contributed by atoms with Gasteiger partial charge in [-0.25, -0.2) is 19.6 Å². The molecule has 27 heavy (non-hydrogen) atoms. The molecular weight excluding hydrogens is 362 g/mol. The molecule has 4 aromatic rings. The van der Waals surface area contributed by atoms with Gasteiger partial charge in [-0.3, -0.25) is 0 Å². The number of hydrogen-bond donors (Lipinski definition) is 1. The van der Waals surface area contributed by atoms with Gasteiger partial charge in [-0.1, -0.05) is 23.7 Å². The number of rotatable bonds is 4. The van der Waals surface area contributed by atoms with Gasteiger partial charge < -0.3 is 5.32 Å². The molecule has 3 heterocycles. The molecule has 0 aliphatic rings. The minimum atomic E-state index is 0.442. The highest BCUT2D eigenvalue weighted by Gasteiger charge is 2.08. The lowest BCUT2D eigenvalue weighted by atomic mass is 10.1. The van der Waals surface area contributed by atoms with Crippen molar-refractivity contribution in [3.63, 3.8) is 0 Å². The molecular formula is C19H12ClN7. The van der Waals surface area contributed by atoms with Crippen LogP contribution < -0.4 is 5.32 Å². The Balaban J connectivity index is 1.60. The molecule has 0 amide bonds. The Hall–Kier alpha value is -3.76. The molecule has 130 valence electrons. The van der Waals surface area contributed by atoms with Gasteiger partial charge in [0.1, 0.15) is 18.2 Å². The fourth-order valence-electron chi connectivity index (χ4n) is 2.55. The molecule has 1 N–H and O–H groups in total. The maximum atomic E-state index is 9.21. The Morgan fingerprint density at radius 3 is 2.85 bits per heavy atom. The Kier molecular flexibility index (Phi) is 4.47. The molecule has 7 nitrogen and oxygen atoms in total. The van der Waals surface area contributed by atoms with Crippen LogP contribution in [0.5, 0.6) is 0 Å². The van der Waals surface area contributed by atoms with E-state index in [0.29, 0.717) is 27.9 Å². The quantitative estimate of drug-likeness (QED) is 0.581. The van der Waals surface area contributed by atoms with Crippen molar-refractivity contribution < 1.29 is 0 Å². The fraction of sp³-hybridized carbons (Fsp3) is 0. The molecule has 0 aliphatic heterocycles. The van der Waals surface area contributed by atoms with Gasteiger partial charge in [0.2, 0.25) is 0 Å². The topological polar surface area (TPSA) is 92.3 Å². The number of hydrogen-bond acceptors (Lipinski definition) is 6. The maximum Gasteiger partial charge on any atom is 0.171 e. The smallest absolute Gasteiger partial charge is 0.171 e. The number of nitriles is 1. The summed E-state index contributed by atoms with van der Waals surface area (Å²) in [6.07, 6.45) is 6.48. The van der Waals surface area contributed by atoms with Gasteiger partial charge in [-0.15, -0.1) is 0 Å². The second-order valence-corrected chi connectivity index (χ2v) is 6.02. The first-order valence-corrected chi connectivity index (χ1v) is 8.36. The molecule has 0 saturated carbocycles. The average molecular weight is 374 g/mol. The lowest BCUT2D eigenvalue weighted by Gasteiger charge is -2.05. The first-order valence-electron chi connectivity index (χ1n) is 7.98. The van der Waals surface area contributed by atoms with E-state index >= 15 is 0 Å². The van der Waals surface area contributed by atoms with Crippen LogP contribution >= 0.6 is 11.6 Å². The van der Waals surface area contributed by atoms with Crippen LogP contribution in [-0.4, -0.2) is 24.7 Å². The lowest BCUT2D eigenvalue weighted by molar-refractivity contribution is 0.843. The zero-order valence-electron chi connectivity index (χ0n) is 13.9. The summed E-state index contributed by atoms with van der Waals surface area (Å²) in [6, 6.07) is 14.8. The largest absolute Gasteiger partial charge is 0.338 e. The van der Waals surface area contributed by atoms with E-state index in [1.165, 1.54) is 6.33 Å². The van der Waals surface area contributed by atoms with E-state index in [-0.39, 0.29) is 0 Å². The summed E-state index contributed by atoms with van der Waals surface area (Å²) in [6.45, 7) is 0. The molecule has 0 unspecified atom stereocenters. The predicted molar refractivity (Wildman–Crippen MR) is 102 cm³/mol. The van der Waals surface area contributed by atoms with Crippen LogP contribution in [0.1, 0.15) is 5.56 Å². The van der Waals surface area contributed by atoms with Gasteiger partial charge in [0.15, 0.2) is 5.82 Å². The average Bonchev–Trinajstić information content (AvgIpc) is 3.16. The Bertz CT molecular complexity index is 1150. The SMILES string of the molecule is N#Cc1cccnc1-n1cc(Nc2cc(-c3cccc(Cl)c3)ncn2)cn1. The van der Waals surface area contributed by atoms with Crippen LogP contribution in [0.15, 0.2) is 67.4 Å². The molecule has 8 heteroatoms. The third-order valence-corrected chi connectivity index (χ3v) is 4.00. The van der Waals surface area contributed by atoms with Crippen molar-refractivity contribution in [2.45, 2.75) is 0 Å². The van der Waals surface area contributed by atoms with Gasteiger partial charge >= 0.3 is 0 Å². The molecule has 1 aromatic carbocycles. The Labute approximate surface area is 159 Å². The number of benzene rings is 1. The summed E-state index contributed by atoms with van der Waals surface area (Å²) < 4.78 is 1.54. The van der Waals surface area contributed by atoms with E-state index in [0.717, 1.165) is 11.3 Å². The second-order valence-electron chi connectivity index (χ2n) is 5.58. The van der Waals surface area contributed by atoms with Crippen molar-refractivity contribution in [2.75, 3.05) is 5.32 Å². The molecule has 4 rings (SSSR count). The lowest BCUT2D eigenvalue weighted by Crippen LogP contribution is -2.00. The predicted octanol–water partition coefficient (Wildman–Crippen LogP) is 3.99. The van der Waals surface area contributed by atoms with Crippen LogP contribution in [0.2, 0.25) is 5.02 Å². The summed E-state index contributed by atoms with van der Waals surface area (Å²) in [4.78, 5) is 12.7. The number of halogens is 1. The summed E-state index contributed by atoms with van der Waals surface area (Å²) in [5, 5.41) is 17.3. The van der Waals surface area contributed by atoms with Crippen LogP contribution in [0, 0.1) is 11.3 Å². The van der Waals surface area contributed by atoms with Crippen molar-refractivity contribution in [1.82, 2.24) is 24.7 Å². The highest BCUT2D eigenvalue weighted by atomic mass is 35.5. The molecule has 0 spiro atoms. The summed E-state index contributed by atoms with van der Waals surface area (Å²) in [5.41, 5.74) is 2.80. The van der Waals surface area contributed by atoms with Gasteiger partial charge in [0.25, 0.3) is 0 Å². The van der Waals surface area contributed by atoms with Crippen LogP contribution in [0.3, 0.4) is 0 Å². The summed E-state index contributed by atoms with van der Waals surface area (Å²) >= 11 is 6.05. The van der Waals surface area contributed by atoms with Crippen molar-refractivity contribution in [2.24, 2.45) is 0 Å². The number of anilines is 2. The van der Waals surface area contributed by atoms with Gasteiger partial charge in [0, 0.05) is 22.8 Å². The molecule has 3 aromatic heterocycles.